The van der Waals surface area contributed by atoms with E-state index in [1.165, 1.54) is 29.5 Å². The highest BCUT2D eigenvalue weighted by atomic mass is 35.5. The van der Waals surface area contributed by atoms with E-state index in [4.69, 9.17) is 16.3 Å². The van der Waals surface area contributed by atoms with Crippen LogP contribution in [-0.2, 0) is 11.3 Å². The normalized spacial score (nSPS) is 20.0. The molecule has 2 aliphatic rings. The summed E-state index contributed by atoms with van der Waals surface area (Å²) >= 11 is 6.17. The van der Waals surface area contributed by atoms with Gasteiger partial charge in [-0.25, -0.2) is 4.68 Å². The zero-order valence-electron chi connectivity index (χ0n) is 19.2. The van der Waals surface area contributed by atoms with E-state index in [0.717, 1.165) is 56.2 Å². The van der Waals surface area contributed by atoms with E-state index in [9.17, 15) is 0 Å². The Labute approximate surface area is 200 Å². The van der Waals surface area contributed by atoms with Crippen LogP contribution in [0.15, 0.2) is 48.5 Å². The molecular weight excluding hydrogens is 434 g/mol. The number of hydrogen-bond acceptors (Lipinski definition) is 5. The number of rotatable bonds is 8. The number of halogens is 1. The van der Waals surface area contributed by atoms with Gasteiger partial charge in [-0.05, 0) is 66.3 Å². The van der Waals surface area contributed by atoms with Crippen LogP contribution in [0.4, 0.5) is 0 Å². The lowest BCUT2D eigenvalue weighted by atomic mass is 10.0. The SMILES string of the molecule is Cc1ccc([C@@H](c2nnnn2C2CCCC2)N(Cc2ccc(Cl)cc2)C[C@H]2CCCO2)cc1. The predicted octanol–water partition coefficient (Wildman–Crippen LogP) is 5.52. The Hall–Kier alpha value is -2.28. The van der Waals surface area contributed by atoms with Crippen molar-refractivity contribution in [2.45, 2.75) is 70.2 Å². The molecule has 1 saturated heterocycles. The molecule has 33 heavy (non-hydrogen) atoms. The topological polar surface area (TPSA) is 56.1 Å². The lowest BCUT2D eigenvalue weighted by Crippen LogP contribution is -2.37. The van der Waals surface area contributed by atoms with Gasteiger partial charge in [0.2, 0.25) is 0 Å². The van der Waals surface area contributed by atoms with Crippen molar-refractivity contribution in [2.75, 3.05) is 13.2 Å². The first-order chi connectivity index (χ1) is 16.2. The molecule has 174 valence electrons. The van der Waals surface area contributed by atoms with E-state index in [1.54, 1.807) is 0 Å². The standard InChI is InChI=1S/C26H32ClN5O/c1-19-8-12-21(13-9-19)25(26-28-29-30-32(26)23-5-2-3-6-23)31(18-24-7-4-16-33-24)17-20-10-14-22(27)15-11-20/h8-15,23-25H,2-7,16-18H2,1H3/t24-,25+/m1/s1. The van der Waals surface area contributed by atoms with Gasteiger partial charge >= 0.3 is 0 Å². The average molecular weight is 466 g/mol. The minimum Gasteiger partial charge on any atom is -0.377 e. The molecule has 6 nitrogen and oxygen atoms in total. The second kappa shape index (κ2) is 10.3. The molecule has 0 spiro atoms. The number of aromatic nitrogens is 4. The molecule has 2 aromatic carbocycles. The molecule has 0 N–H and O–H groups in total. The van der Waals surface area contributed by atoms with E-state index < -0.39 is 0 Å². The van der Waals surface area contributed by atoms with Crippen molar-refractivity contribution >= 4 is 11.6 Å². The minimum absolute atomic E-state index is 0.0546. The van der Waals surface area contributed by atoms with Crippen LogP contribution < -0.4 is 0 Å². The van der Waals surface area contributed by atoms with Crippen molar-refractivity contribution in [1.82, 2.24) is 25.1 Å². The first-order valence-corrected chi connectivity index (χ1v) is 12.5. The molecule has 3 aromatic rings. The molecule has 7 heteroatoms. The molecule has 1 aliphatic heterocycles. The highest BCUT2D eigenvalue weighted by molar-refractivity contribution is 6.30. The number of nitrogens with zero attached hydrogens (tertiary/aromatic N) is 5. The Morgan fingerprint density at radius 3 is 2.48 bits per heavy atom. The maximum Gasteiger partial charge on any atom is 0.173 e. The van der Waals surface area contributed by atoms with Crippen LogP contribution in [0.5, 0.6) is 0 Å². The molecule has 0 unspecified atom stereocenters. The molecule has 1 aliphatic carbocycles. The van der Waals surface area contributed by atoms with Gasteiger partial charge in [0.15, 0.2) is 5.82 Å². The lowest BCUT2D eigenvalue weighted by molar-refractivity contribution is 0.0572. The first kappa shape index (κ1) is 22.5. The van der Waals surface area contributed by atoms with Crippen molar-refractivity contribution in [3.05, 3.63) is 76.1 Å². The highest BCUT2D eigenvalue weighted by Crippen LogP contribution is 2.35. The fourth-order valence-corrected chi connectivity index (χ4v) is 5.32. The summed E-state index contributed by atoms with van der Waals surface area (Å²) in [6, 6.07) is 17.3. The van der Waals surface area contributed by atoms with Crippen LogP contribution in [0.1, 0.15) is 73.1 Å². The zero-order chi connectivity index (χ0) is 22.6. The largest absolute Gasteiger partial charge is 0.377 e. The molecule has 5 rings (SSSR count). The van der Waals surface area contributed by atoms with Gasteiger partial charge < -0.3 is 4.74 Å². The predicted molar refractivity (Wildman–Crippen MR) is 129 cm³/mol. The number of benzene rings is 2. The zero-order valence-corrected chi connectivity index (χ0v) is 20.0. The second-order valence-electron chi connectivity index (χ2n) is 9.42. The Morgan fingerprint density at radius 1 is 1.03 bits per heavy atom. The van der Waals surface area contributed by atoms with Crippen molar-refractivity contribution in [3.63, 3.8) is 0 Å². The third-order valence-electron chi connectivity index (χ3n) is 6.95. The van der Waals surface area contributed by atoms with Crippen LogP contribution in [0.25, 0.3) is 0 Å². The van der Waals surface area contributed by atoms with E-state index in [1.807, 2.05) is 12.1 Å². The third-order valence-corrected chi connectivity index (χ3v) is 7.20. The summed E-state index contributed by atoms with van der Waals surface area (Å²) in [4.78, 5) is 2.49. The Morgan fingerprint density at radius 2 is 1.79 bits per heavy atom. The quantitative estimate of drug-likeness (QED) is 0.438. The fraction of sp³-hybridized carbons (Fsp3) is 0.500. The molecule has 1 saturated carbocycles. The maximum atomic E-state index is 6.17. The number of hydrogen-bond donors (Lipinski definition) is 0. The molecule has 2 heterocycles. The van der Waals surface area contributed by atoms with Crippen molar-refractivity contribution in [3.8, 4) is 0 Å². The van der Waals surface area contributed by atoms with Crippen LogP contribution >= 0.6 is 11.6 Å². The van der Waals surface area contributed by atoms with E-state index >= 15 is 0 Å². The summed E-state index contributed by atoms with van der Waals surface area (Å²) < 4.78 is 8.17. The van der Waals surface area contributed by atoms with Crippen LogP contribution in [0.2, 0.25) is 5.02 Å². The highest BCUT2D eigenvalue weighted by Gasteiger charge is 2.33. The third kappa shape index (κ3) is 5.29. The van der Waals surface area contributed by atoms with E-state index in [0.29, 0.717) is 6.04 Å². The molecule has 0 amide bonds. The summed E-state index contributed by atoms with van der Waals surface area (Å²) in [5.74, 6) is 0.928. The summed E-state index contributed by atoms with van der Waals surface area (Å²) in [7, 11) is 0. The molecule has 2 atom stereocenters. The summed E-state index contributed by atoms with van der Waals surface area (Å²) in [5.41, 5.74) is 3.67. The van der Waals surface area contributed by atoms with Crippen molar-refractivity contribution < 1.29 is 4.74 Å². The molecule has 1 aromatic heterocycles. The average Bonchev–Trinajstić information content (AvgIpc) is 3.60. The second-order valence-corrected chi connectivity index (χ2v) is 9.86. The van der Waals surface area contributed by atoms with Crippen molar-refractivity contribution in [2.24, 2.45) is 0 Å². The van der Waals surface area contributed by atoms with Gasteiger partial charge in [0.05, 0.1) is 18.2 Å². The van der Waals surface area contributed by atoms with E-state index in [-0.39, 0.29) is 12.1 Å². The molecule has 0 radical (unpaired) electrons. The van der Waals surface area contributed by atoms with E-state index in [2.05, 4.69) is 68.4 Å². The number of tetrazole rings is 1. The monoisotopic (exact) mass is 465 g/mol. The van der Waals surface area contributed by atoms with Gasteiger partial charge in [-0.2, -0.15) is 0 Å². The van der Waals surface area contributed by atoms with Crippen LogP contribution in [0, 0.1) is 6.92 Å². The van der Waals surface area contributed by atoms with Gasteiger partial charge in [-0.15, -0.1) is 5.10 Å². The Bertz CT molecular complexity index is 1020. The van der Waals surface area contributed by atoms with Gasteiger partial charge in [-0.1, -0.05) is 66.4 Å². The minimum atomic E-state index is -0.0546. The molecular formula is C26H32ClN5O. The lowest BCUT2D eigenvalue weighted by Gasteiger charge is -2.33. The van der Waals surface area contributed by atoms with Crippen molar-refractivity contribution in [1.29, 1.82) is 0 Å². The Kier molecular flexibility index (Phi) is 7.04. The summed E-state index contributed by atoms with van der Waals surface area (Å²) in [6.45, 7) is 4.57. The van der Waals surface area contributed by atoms with Crippen LogP contribution in [0.3, 0.4) is 0 Å². The fourth-order valence-electron chi connectivity index (χ4n) is 5.20. The molecule has 2 fully saturated rings. The summed E-state index contributed by atoms with van der Waals surface area (Å²) in [5, 5.41) is 14.0. The van der Waals surface area contributed by atoms with Crippen LogP contribution in [-0.4, -0.2) is 44.4 Å². The number of ether oxygens (including phenoxy) is 1. The summed E-state index contributed by atoms with van der Waals surface area (Å²) in [6.07, 6.45) is 7.19. The van der Waals surface area contributed by atoms with Gasteiger partial charge in [0.25, 0.3) is 0 Å². The first-order valence-electron chi connectivity index (χ1n) is 12.1. The Balaban J connectivity index is 1.55. The van der Waals surface area contributed by atoms with Gasteiger partial charge in [0, 0.05) is 24.7 Å². The molecule has 0 bridgehead atoms. The van der Waals surface area contributed by atoms with Gasteiger partial charge in [0.1, 0.15) is 0 Å². The number of aryl methyl sites for hydroxylation is 1. The van der Waals surface area contributed by atoms with Gasteiger partial charge in [-0.3, -0.25) is 4.90 Å². The maximum absolute atomic E-state index is 6.17. The smallest absolute Gasteiger partial charge is 0.173 e.